The number of aromatic nitrogens is 2. The van der Waals surface area contributed by atoms with Gasteiger partial charge >= 0.3 is 7.12 Å². The van der Waals surface area contributed by atoms with Crippen molar-refractivity contribution in [2.75, 3.05) is 0 Å². The van der Waals surface area contributed by atoms with Gasteiger partial charge in [-0.3, -0.25) is 0 Å². The van der Waals surface area contributed by atoms with Crippen LogP contribution in [0.25, 0.3) is 11.3 Å². The van der Waals surface area contributed by atoms with Gasteiger partial charge in [-0.1, -0.05) is 28.8 Å². The summed E-state index contributed by atoms with van der Waals surface area (Å²) < 4.78 is 3.73. The van der Waals surface area contributed by atoms with Crippen LogP contribution in [0.15, 0.2) is 29.6 Å². The fourth-order valence-electron chi connectivity index (χ4n) is 1.24. The molecule has 0 radical (unpaired) electrons. The molecule has 0 saturated heterocycles. The van der Waals surface area contributed by atoms with E-state index >= 15 is 0 Å². The van der Waals surface area contributed by atoms with Crippen LogP contribution < -0.4 is 5.46 Å². The van der Waals surface area contributed by atoms with Crippen molar-refractivity contribution in [2.24, 2.45) is 0 Å². The molecule has 4 nitrogen and oxygen atoms in total. The van der Waals surface area contributed by atoms with Crippen molar-refractivity contribution >= 4 is 24.1 Å². The molecule has 0 unspecified atom stereocenters. The van der Waals surface area contributed by atoms with Gasteiger partial charge in [-0.25, -0.2) is 0 Å². The fraction of sp³-hybridized carbons (Fsp3) is 0. The van der Waals surface area contributed by atoms with Gasteiger partial charge in [0.15, 0.2) is 0 Å². The lowest BCUT2D eigenvalue weighted by Crippen LogP contribution is -2.31. The molecule has 1 aromatic heterocycles. The maximum atomic E-state index is 9.11. The van der Waals surface area contributed by atoms with E-state index in [4.69, 9.17) is 10.0 Å². The second-order valence-corrected chi connectivity index (χ2v) is 3.36. The highest BCUT2D eigenvalue weighted by molar-refractivity contribution is 7.03. The fourth-order valence-corrected chi connectivity index (χ4v) is 1.69. The lowest BCUT2D eigenvalue weighted by Gasteiger charge is -2.04. The van der Waals surface area contributed by atoms with Gasteiger partial charge in [-0.05, 0) is 17.0 Å². The molecule has 0 atom stereocenters. The average Bonchev–Trinajstić information content (AvgIpc) is 2.70. The first kappa shape index (κ1) is 9.33. The van der Waals surface area contributed by atoms with Gasteiger partial charge in [0.25, 0.3) is 0 Å². The number of hydrogen-bond donors (Lipinski definition) is 2. The monoisotopic (exact) mass is 206 g/mol. The summed E-state index contributed by atoms with van der Waals surface area (Å²) in [4.78, 5) is 0. The van der Waals surface area contributed by atoms with E-state index in [1.54, 1.807) is 23.6 Å². The van der Waals surface area contributed by atoms with E-state index in [2.05, 4.69) is 9.59 Å². The molecule has 70 valence electrons. The Morgan fingerprint density at radius 3 is 2.64 bits per heavy atom. The largest absolute Gasteiger partial charge is 0.489 e. The van der Waals surface area contributed by atoms with Gasteiger partial charge < -0.3 is 10.0 Å². The maximum absolute atomic E-state index is 9.11. The Bertz CT molecular complexity index is 419. The van der Waals surface area contributed by atoms with E-state index in [0.717, 1.165) is 0 Å². The van der Waals surface area contributed by atoms with Crippen LogP contribution >= 0.6 is 11.5 Å². The first-order chi connectivity index (χ1) is 6.79. The molecule has 6 heteroatoms. The Labute approximate surface area is 85.2 Å². The molecule has 0 aliphatic rings. The van der Waals surface area contributed by atoms with Crippen LogP contribution in [0, 0.1) is 0 Å². The van der Waals surface area contributed by atoms with Crippen molar-refractivity contribution in [2.45, 2.75) is 0 Å². The van der Waals surface area contributed by atoms with E-state index < -0.39 is 7.12 Å². The van der Waals surface area contributed by atoms with Crippen LogP contribution in [-0.4, -0.2) is 26.8 Å². The number of rotatable bonds is 2. The lowest BCUT2D eigenvalue weighted by molar-refractivity contribution is 0.426. The summed E-state index contributed by atoms with van der Waals surface area (Å²) in [6, 6.07) is 7.00. The third-order valence-electron chi connectivity index (χ3n) is 1.87. The lowest BCUT2D eigenvalue weighted by atomic mass is 9.76. The Kier molecular flexibility index (Phi) is 2.58. The van der Waals surface area contributed by atoms with Crippen LogP contribution in [-0.2, 0) is 0 Å². The Balaban J connectivity index is 2.53. The number of benzene rings is 1. The second-order valence-electron chi connectivity index (χ2n) is 2.75. The quantitative estimate of drug-likeness (QED) is 0.672. The molecule has 14 heavy (non-hydrogen) atoms. The molecular formula is C8H7BN2O2S. The predicted molar refractivity (Wildman–Crippen MR) is 55.2 cm³/mol. The molecular weight excluding hydrogens is 199 g/mol. The summed E-state index contributed by atoms with van der Waals surface area (Å²) in [5.41, 5.74) is 1.81. The number of nitrogens with zero attached hydrogens (tertiary/aromatic N) is 2. The third kappa shape index (κ3) is 1.67. The van der Waals surface area contributed by atoms with E-state index in [-0.39, 0.29) is 0 Å². The summed E-state index contributed by atoms with van der Waals surface area (Å²) in [6.07, 6.45) is 0. The normalized spacial score (nSPS) is 10.1. The molecule has 0 spiro atoms. The average molecular weight is 206 g/mol. The number of hydrogen-bond acceptors (Lipinski definition) is 5. The van der Waals surface area contributed by atoms with Gasteiger partial charge in [0.1, 0.15) is 5.69 Å². The van der Waals surface area contributed by atoms with Gasteiger partial charge in [-0.2, -0.15) is 0 Å². The standard InChI is InChI=1S/C8H7BN2O2S/c12-9(13)7-4-2-1-3-6(7)8-5-14-11-10-8/h1-5,12-13H. The molecule has 0 bridgehead atoms. The van der Waals surface area contributed by atoms with Gasteiger partial charge in [0.05, 0.1) is 0 Å². The van der Waals surface area contributed by atoms with Crippen molar-refractivity contribution in [3.63, 3.8) is 0 Å². The predicted octanol–water partition coefficient (Wildman–Crippen LogP) is -0.115. The molecule has 0 aliphatic heterocycles. The van der Waals surface area contributed by atoms with E-state index in [1.807, 2.05) is 6.07 Å². The Morgan fingerprint density at radius 1 is 1.21 bits per heavy atom. The highest BCUT2D eigenvalue weighted by Gasteiger charge is 2.17. The maximum Gasteiger partial charge on any atom is 0.489 e. The smallest absolute Gasteiger partial charge is 0.423 e. The molecule has 1 aromatic carbocycles. The molecule has 0 aliphatic carbocycles. The zero-order chi connectivity index (χ0) is 9.97. The van der Waals surface area contributed by atoms with Crippen molar-refractivity contribution in [3.05, 3.63) is 29.6 Å². The minimum atomic E-state index is -1.48. The zero-order valence-corrected chi connectivity index (χ0v) is 7.98. The minimum Gasteiger partial charge on any atom is -0.423 e. The second kappa shape index (κ2) is 3.87. The molecule has 0 fully saturated rings. The van der Waals surface area contributed by atoms with Crippen LogP contribution in [0.5, 0.6) is 0 Å². The molecule has 2 N–H and O–H groups in total. The van der Waals surface area contributed by atoms with E-state index in [9.17, 15) is 0 Å². The van der Waals surface area contributed by atoms with Gasteiger partial charge in [0.2, 0.25) is 0 Å². The Morgan fingerprint density at radius 2 is 2.00 bits per heavy atom. The third-order valence-corrected chi connectivity index (χ3v) is 2.38. The van der Waals surface area contributed by atoms with Gasteiger partial charge in [0, 0.05) is 10.9 Å². The van der Waals surface area contributed by atoms with Crippen molar-refractivity contribution in [1.82, 2.24) is 9.59 Å². The summed E-state index contributed by atoms with van der Waals surface area (Å²) >= 11 is 1.23. The summed E-state index contributed by atoms with van der Waals surface area (Å²) in [5, 5.41) is 23.9. The van der Waals surface area contributed by atoms with E-state index in [0.29, 0.717) is 16.7 Å². The van der Waals surface area contributed by atoms with Crippen LogP contribution in [0.1, 0.15) is 0 Å². The summed E-state index contributed by atoms with van der Waals surface area (Å²) in [7, 11) is -1.48. The summed E-state index contributed by atoms with van der Waals surface area (Å²) in [5.74, 6) is 0. The molecule has 2 rings (SSSR count). The van der Waals surface area contributed by atoms with Crippen LogP contribution in [0.4, 0.5) is 0 Å². The highest BCUT2D eigenvalue weighted by Crippen LogP contribution is 2.15. The molecule has 2 aromatic rings. The van der Waals surface area contributed by atoms with Crippen molar-refractivity contribution in [3.8, 4) is 11.3 Å². The van der Waals surface area contributed by atoms with Gasteiger partial charge in [-0.15, -0.1) is 5.10 Å². The summed E-state index contributed by atoms with van der Waals surface area (Å²) in [6.45, 7) is 0. The minimum absolute atomic E-state index is 0.445. The topological polar surface area (TPSA) is 66.2 Å². The zero-order valence-electron chi connectivity index (χ0n) is 7.16. The highest BCUT2D eigenvalue weighted by atomic mass is 32.1. The molecule has 1 heterocycles. The first-order valence-electron chi connectivity index (χ1n) is 4.01. The van der Waals surface area contributed by atoms with Crippen molar-refractivity contribution in [1.29, 1.82) is 0 Å². The van der Waals surface area contributed by atoms with Crippen molar-refractivity contribution < 1.29 is 10.0 Å². The molecule has 0 amide bonds. The SMILES string of the molecule is OB(O)c1ccccc1-c1csnn1. The van der Waals surface area contributed by atoms with Crippen LogP contribution in [0.3, 0.4) is 0 Å². The van der Waals surface area contributed by atoms with E-state index in [1.165, 1.54) is 11.5 Å². The molecule has 0 saturated carbocycles. The Hall–Kier alpha value is -1.24. The van der Waals surface area contributed by atoms with Crippen LogP contribution in [0.2, 0.25) is 0 Å². The first-order valence-corrected chi connectivity index (χ1v) is 4.85.